The van der Waals surface area contributed by atoms with Crippen molar-refractivity contribution < 1.29 is 23.0 Å². The molecule has 0 N–H and O–H groups in total. The van der Waals surface area contributed by atoms with Gasteiger partial charge in [0.2, 0.25) is 5.43 Å². The molecule has 4 heterocycles. The molecule has 4 aromatic carbocycles. The molecule has 10 heteroatoms. The highest BCUT2D eigenvalue weighted by molar-refractivity contribution is 7.19. The molecule has 1 amide bonds. The van der Waals surface area contributed by atoms with E-state index in [0.717, 1.165) is 37.6 Å². The van der Waals surface area contributed by atoms with Gasteiger partial charge in [-0.25, -0.2) is 8.78 Å². The number of rotatable bonds is 5. The molecule has 50 heavy (non-hydrogen) atoms. The Hall–Kier alpha value is -5.58. The lowest BCUT2D eigenvalue weighted by atomic mass is 9.92. The largest absolute Gasteiger partial charge is 0.482 e. The van der Waals surface area contributed by atoms with Crippen LogP contribution in [0.3, 0.4) is 0 Å². The Balaban J connectivity index is 1.27. The second-order valence-electron chi connectivity index (χ2n) is 12.5. The van der Waals surface area contributed by atoms with Crippen LogP contribution in [0.5, 0.6) is 5.75 Å². The first-order chi connectivity index (χ1) is 24.5. The van der Waals surface area contributed by atoms with Crippen molar-refractivity contribution in [1.82, 2.24) is 9.58 Å². The Morgan fingerprint density at radius 1 is 0.800 bits per heavy atom. The van der Waals surface area contributed by atoms with Gasteiger partial charge in [0.05, 0.1) is 19.3 Å². The molecule has 1 unspecified atom stereocenters. The number of benzene rings is 4. The molecule has 0 radical (unpaired) electrons. The summed E-state index contributed by atoms with van der Waals surface area (Å²) < 4.78 is 44.3. The topological polar surface area (TPSA) is 64.0 Å². The minimum atomic E-state index is -0.566. The minimum absolute atomic E-state index is 0.0360. The molecule has 248 valence electrons. The van der Waals surface area contributed by atoms with Gasteiger partial charge in [-0.2, -0.15) is 0 Å². The highest BCUT2D eigenvalue weighted by atomic mass is 32.1. The van der Waals surface area contributed by atoms with E-state index in [1.807, 2.05) is 60.7 Å². The summed E-state index contributed by atoms with van der Waals surface area (Å²) in [6.45, 7) is 0.968. The van der Waals surface area contributed by atoms with E-state index < -0.39 is 23.5 Å². The van der Waals surface area contributed by atoms with Crippen LogP contribution in [0, 0.1) is 11.6 Å². The van der Waals surface area contributed by atoms with Crippen LogP contribution in [0.25, 0.3) is 32.0 Å². The summed E-state index contributed by atoms with van der Waals surface area (Å²) in [6.07, 6.45) is 1.05. The standard InChI is InChI=1S/C40H29F2N3O4S/c41-25-14-15-27-30(20-25)31-21-34(29-12-6-7-13-32(29)42)50-39(31)28-11-5-4-10-26(28)36(27)45-35-23-48-19-18-43(35)40(47)37-38(33(46)16-17-44(37)45)49-22-24-8-2-1-3-9-24/h1-17,20-21,35-36H,18-19,22-23H2/t35-,36?/m1/s1. The smallest absolute Gasteiger partial charge is 0.278 e. The van der Waals surface area contributed by atoms with Crippen molar-refractivity contribution in [2.45, 2.75) is 18.8 Å². The van der Waals surface area contributed by atoms with Crippen molar-refractivity contribution in [1.29, 1.82) is 0 Å². The van der Waals surface area contributed by atoms with Gasteiger partial charge < -0.3 is 14.4 Å². The molecule has 7 nitrogen and oxygen atoms in total. The lowest BCUT2D eigenvalue weighted by Gasteiger charge is -2.51. The van der Waals surface area contributed by atoms with E-state index in [1.54, 1.807) is 40.0 Å². The van der Waals surface area contributed by atoms with E-state index in [1.165, 1.54) is 35.6 Å². The maximum Gasteiger partial charge on any atom is 0.278 e. The first-order valence-electron chi connectivity index (χ1n) is 16.4. The minimum Gasteiger partial charge on any atom is -0.482 e. The van der Waals surface area contributed by atoms with Gasteiger partial charge in [-0.05, 0) is 52.1 Å². The molecule has 2 aliphatic heterocycles. The van der Waals surface area contributed by atoms with Gasteiger partial charge >= 0.3 is 0 Å². The van der Waals surface area contributed by atoms with Crippen LogP contribution in [-0.4, -0.2) is 41.4 Å². The Morgan fingerprint density at radius 2 is 1.56 bits per heavy atom. The van der Waals surface area contributed by atoms with Crippen molar-refractivity contribution in [3.63, 3.8) is 0 Å². The zero-order valence-corrected chi connectivity index (χ0v) is 27.4. The van der Waals surface area contributed by atoms with Crippen LogP contribution in [0.1, 0.15) is 33.2 Å². The van der Waals surface area contributed by atoms with Crippen LogP contribution in [-0.2, 0) is 11.3 Å². The van der Waals surface area contributed by atoms with E-state index in [-0.39, 0.29) is 36.4 Å². The molecule has 6 aromatic rings. The number of carbonyl (C=O) groups is 1. The van der Waals surface area contributed by atoms with Crippen LogP contribution in [0.4, 0.5) is 8.78 Å². The molecule has 1 fully saturated rings. The molecule has 9 rings (SSSR count). The molecule has 1 aliphatic carbocycles. The number of thiophene rings is 1. The Labute approximate surface area is 290 Å². The quantitative estimate of drug-likeness (QED) is 0.187. The van der Waals surface area contributed by atoms with Gasteiger partial charge in [0.25, 0.3) is 5.91 Å². The SMILES string of the molecule is O=C1c2c(OCc3ccccc3)c(=O)ccn2N(C2c3ccc(F)cc3-c3cc(-c4ccccc4F)sc3-c3ccccc32)[C@@H]2COCCN12. The number of amides is 1. The maximum absolute atomic E-state index is 15.3. The van der Waals surface area contributed by atoms with Crippen LogP contribution in [0.2, 0.25) is 0 Å². The number of pyridine rings is 1. The summed E-state index contributed by atoms with van der Waals surface area (Å²) in [5, 5.41) is 2.05. The highest BCUT2D eigenvalue weighted by Crippen LogP contribution is 2.52. The number of fused-ring (bicyclic) bond motifs is 7. The Kier molecular flexibility index (Phi) is 7.36. The van der Waals surface area contributed by atoms with Gasteiger partial charge in [-0.3, -0.25) is 19.3 Å². The molecule has 2 atom stereocenters. The monoisotopic (exact) mass is 685 g/mol. The van der Waals surface area contributed by atoms with Crippen molar-refractivity contribution in [3.8, 4) is 37.8 Å². The van der Waals surface area contributed by atoms with E-state index in [0.29, 0.717) is 24.3 Å². The van der Waals surface area contributed by atoms with Gasteiger partial charge in [0.1, 0.15) is 24.4 Å². The fourth-order valence-electron chi connectivity index (χ4n) is 7.37. The van der Waals surface area contributed by atoms with Gasteiger partial charge in [-0.15, -0.1) is 11.3 Å². The van der Waals surface area contributed by atoms with Gasteiger partial charge in [0.15, 0.2) is 11.4 Å². The third-order valence-electron chi connectivity index (χ3n) is 9.62. The van der Waals surface area contributed by atoms with Gasteiger partial charge in [-0.1, -0.05) is 78.9 Å². The predicted molar refractivity (Wildman–Crippen MR) is 188 cm³/mol. The summed E-state index contributed by atoms with van der Waals surface area (Å²) in [4.78, 5) is 31.1. The van der Waals surface area contributed by atoms with Crippen molar-refractivity contribution in [3.05, 3.63) is 160 Å². The predicted octanol–water partition coefficient (Wildman–Crippen LogP) is 7.62. The lowest BCUT2D eigenvalue weighted by Crippen LogP contribution is -2.66. The molecular formula is C40H29F2N3O4S. The molecule has 1 saturated heterocycles. The molecule has 0 saturated carbocycles. The van der Waals surface area contributed by atoms with E-state index >= 15 is 8.78 Å². The van der Waals surface area contributed by atoms with E-state index in [9.17, 15) is 9.59 Å². The number of aromatic nitrogens is 1. The highest BCUT2D eigenvalue weighted by Gasteiger charge is 2.46. The first kappa shape index (κ1) is 30.5. The summed E-state index contributed by atoms with van der Waals surface area (Å²) >= 11 is 1.46. The number of ether oxygens (including phenoxy) is 2. The number of hydrogen-bond donors (Lipinski definition) is 0. The molecule has 2 aromatic heterocycles. The van der Waals surface area contributed by atoms with Crippen LogP contribution < -0.4 is 15.2 Å². The third kappa shape index (κ3) is 4.86. The molecule has 0 bridgehead atoms. The zero-order valence-electron chi connectivity index (χ0n) is 26.6. The second-order valence-corrected chi connectivity index (χ2v) is 13.5. The molecule has 3 aliphatic rings. The van der Waals surface area contributed by atoms with Crippen molar-refractivity contribution in [2.75, 3.05) is 24.8 Å². The summed E-state index contributed by atoms with van der Waals surface area (Å²) in [5.41, 5.74) is 5.07. The first-order valence-corrected chi connectivity index (χ1v) is 17.2. The number of carbonyl (C=O) groups excluding carboxylic acids is 1. The average molecular weight is 686 g/mol. The third-order valence-corrected chi connectivity index (χ3v) is 10.8. The van der Waals surface area contributed by atoms with E-state index in [4.69, 9.17) is 9.47 Å². The van der Waals surface area contributed by atoms with Crippen molar-refractivity contribution >= 4 is 17.2 Å². The number of halogens is 2. The lowest BCUT2D eigenvalue weighted by molar-refractivity contribution is -0.0197. The van der Waals surface area contributed by atoms with Crippen LogP contribution in [0.15, 0.2) is 120 Å². The molecular weight excluding hydrogens is 657 g/mol. The Bertz CT molecular complexity index is 2360. The fraction of sp³-hybridized carbons (Fsp3) is 0.150. The summed E-state index contributed by atoms with van der Waals surface area (Å²) in [5.74, 6) is -1.10. The normalized spacial score (nSPS) is 17.6. The van der Waals surface area contributed by atoms with Crippen molar-refractivity contribution in [2.24, 2.45) is 0 Å². The Morgan fingerprint density at radius 3 is 2.40 bits per heavy atom. The number of morpholine rings is 1. The summed E-state index contributed by atoms with van der Waals surface area (Å²) in [6, 6.07) is 31.6. The van der Waals surface area contributed by atoms with Gasteiger partial charge in [0, 0.05) is 39.7 Å². The average Bonchev–Trinajstić information content (AvgIpc) is 3.55. The second kappa shape index (κ2) is 12.1. The fourth-order valence-corrected chi connectivity index (χ4v) is 8.62. The summed E-state index contributed by atoms with van der Waals surface area (Å²) in [7, 11) is 0. The maximum atomic E-state index is 15.3. The molecule has 0 spiro atoms. The van der Waals surface area contributed by atoms with E-state index in [2.05, 4.69) is 5.01 Å². The van der Waals surface area contributed by atoms with Crippen LogP contribution >= 0.6 is 11.3 Å². The number of hydrogen-bond acceptors (Lipinski definition) is 6. The zero-order chi connectivity index (χ0) is 33.9. The number of nitrogens with zero attached hydrogens (tertiary/aromatic N) is 3.